The van der Waals surface area contributed by atoms with E-state index in [0.29, 0.717) is 29.0 Å². The minimum Gasteiger partial charge on any atom is -0.502 e. The van der Waals surface area contributed by atoms with Crippen LogP contribution in [0, 0.1) is 0 Å². The van der Waals surface area contributed by atoms with Gasteiger partial charge in [-0.2, -0.15) is 0 Å². The molecule has 2 aromatic heterocycles. The molecule has 0 bridgehead atoms. The first-order chi connectivity index (χ1) is 15.9. The third-order valence-electron chi connectivity index (χ3n) is 6.01. The van der Waals surface area contributed by atoms with Gasteiger partial charge in [-0.05, 0) is 50.2 Å². The van der Waals surface area contributed by atoms with E-state index in [1.165, 1.54) is 13.2 Å². The molecule has 4 rings (SSSR count). The van der Waals surface area contributed by atoms with E-state index in [0.717, 1.165) is 32.4 Å². The van der Waals surface area contributed by atoms with Gasteiger partial charge in [0.25, 0.3) is 5.56 Å². The van der Waals surface area contributed by atoms with E-state index in [9.17, 15) is 19.5 Å². The minimum absolute atomic E-state index is 0.138. The highest BCUT2D eigenvalue weighted by molar-refractivity contribution is 5.81. The Morgan fingerprint density at radius 2 is 1.97 bits per heavy atom. The van der Waals surface area contributed by atoms with Crippen molar-refractivity contribution < 1.29 is 19.1 Å². The van der Waals surface area contributed by atoms with Crippen molar-refractivity contribution in [3.05, 3.63) is 68.0 Å². The Kier molecular flexibility index (Phi) is 6.50. The van der Waals surface area contributed by atoms with E-state index in [4.69, 9.17) is 14.9 Å². The van der Waals surface area contributed by atoms with Crippen LogP contribution in [0.5, 0.6) is 11.5 Å². The minimum atomic E-state index is -1.03. The molecule has 9 nitrogen and oxygen atoms in total. The number of fused-ring (bicyclic) bond motifs is 1. The molecule has 0 saturated carbocycles. The summed E-state index contributed by atoms with van der Waals surface area (Å²) in [5.74, 6) is -1.55. The quantitative estimate of drug-likeness (QED) is 0.498. The third-order valence-corrected chi connectivity index (χ3v) is 6.01. The zero-order valence-corrected chi connectivity index (χ0v) is 18.4. The third kappa shape index (κ3) is 4.93. The van der Waals surface area contributed by atoms with E-state index in [1.807, 2.05) is 0 Å². The van der Waals surface area contributed by atoms with Crippen molar-refractivity contribution in [3.63, 3.8) is 0 Å². The first-order valence-electron chi connectivity index (χ1n) is 10.9. The number of benzene rings is 1. The Balaban J connectivity index is 1.82. The molecule has 9 heteroatoms. The van der Waals surface area contributed by atoms with Gasteiger partial charge in [-0.15, -0.1) is 0 Å². The molecular weight excluding hydrogens is 426 g/mol. The van der Waals surface area contributed by atoms with Gasteiger partial charge in [0.05, 0.1) is 19.6 Å². The van der Waals surface area contributed by atoms with Crippen molar-refractivity contribution in [2.24, 2.45) is 5.73 Å². The Morgan fingerprint density at radius 3 is 2.67 bits per heavy atom. The summed E-state index contributed by atoms with van der Waals surface area (Å²) in [7, 11) is 1.53. The highest BCUT2D eigenvalue weighted by atomic mass is 16.5. The maximum absolute atomic E-state index is 12.9. The Morgan fingerprint density at radius 1 is 1.21 bits per heavy atom. The highest BCUT2D eigenvalue weighted by Crippen LogP contribution is 2.33. The second-order valence-corrected chi connectivity index (χ2v) is 8.36. The lowest BCUT2D eigenvalue weighted by molar-refractivity contribution is -0.118. The predicted octanol–water partition coefficient (Wildman–Crippen LogP) is 2.19. The summed E-state index contributed by atoms with van der Waals surface area (Å²) in [6.07, 6.45) is 2.98. The molecule has 1 aliphatic heterocycles. The number of primary amides is 1. The fourth-order valence-corrected chi connectivity index (χ4v) is 4.34. The smallest absolute Gasteiger partial charge is 0.252 e. The molecular formula is C24H27N3O6. The SMILES string of the molecule is COc1ccc2[nH]c(=O)c([C@H](CC(N)=O)c3oc(CN4CCCCC4)cc(=O)c3O)cc2c1. The molecule has 3 aromatic rings. The number of aromatic nitrogens is 1. The number of hydrogen-bond acceptors (Lipinski definition) is 7. The van der Waals surface area contributed by atoms with Crippen LogP contribution in [0.15, 0.2) is 44.3 Å². The number of aromatic hydroxyl groups is 1. The predicted molar refractivity (Wildman–Crippen MR) is 123 cm³/mol. The molecule has 0 radical (unpaired) electrons. The number of nitrogens with two attached hydrogens (primary N) is 1. The van der Waals surface area contributed by atoms with Crippen molar-refractivity contribution in [1.29, 1.82) is 0 Å². The second kappa shape index (κ2) is 9.50. The van der Waals surface area contributed by atoms with Gasteiger partial charge in [0.15, 0.2) is 5.76 Å². The fourth-order valence-electron chi connectivity index (χ4n) is 4.34. The monoisotopic (exact) mass is 453 g/mol. The van der Waals surface area contributed by atoms with Gasteiger partial charge in [-0.25, -0.2) is 0 Å². The Hall–Kier alpha value is -3.59. The van der Waals surface area contributed by atoms with Gasteiger partial charge in [-0.1, -0.05) is 6.42 Å². The summed E-state index contributed by atoms with van der Waals surface area (Å²) in [6.45, 7) is 2.17. The van der Waals surface area contributed by atoms with Crippen LogP contribution in [0.1, 0.15) is 48.7 Å². The van der Waals surface area contributed by atoms with E-state index in [-0.39, 0.29) is 17.7 Å². The lowest BCUT2D eigenvalue weighted by Gasteiger charge is -2.26. The maximum Gasteiger partial charge on any atom is 0.252 e. The molecule has 174 valence electrons. The lowest BCUT2D eigenvalue weighted by atomic mass is 9.92. The normalized spacial score (nSPS) is 15.4. The Labute approximate surface area is 189 Å². The Bertz CT molecular complexity index is 1290. The largest absolute Gasteiger partial charge is 0.502 e. The number of amides is 1. The first-order valence-corrected chi connectivity index (χ1v) is 10.9. The van der Waals surface area contributed by atoms with E-state index in [1.54, 1.807) is 24.3 Å². The number of piperidine rings is 1. The van der Waals surface area contributed by atoms with Crippen LogP contribution in [-0.4, -0.2) is 41.1 Å². The van der Waals surface area contributed by atoms with E-state index in [2.05, 4.69) is 9.88 Å². The number of carbonyl (C=O) groups excluding carboxylic acids is 1. The summed E-state index contributed by atoms with van der Waals surface area (Å²) >= 11 is 0. The van der Waals surface area contributed by atoms with Crippen LogP contribution in [0.4, 0.5) is 0 Å². The molecule has 3 heterocycles. The second-order valence-electron chi connectivity index (χ2n) is 8.36. The van der Waals surface area contributed by atoms with Gasteiger partial charge >= 0.3 is 0 Å². The summed E-state index contributed by atoms with van der Waals surface area (Å²) in [6, 6.07) is 8.01. The number of pyridine rings is 1. The van der Waals surface area contributed by atoms with Gasteiger partial charge in [0.1, 0.15) is 11.5 Å². The molecule has 33 heavy (non-hydrogen) atoms. The highest BCUT2D eigenvalue weighted by Gasteiger charge is 2.28. The number of carbonyl (C=O) groups is 1. The van der Waals surface area contributed by atoms with E-state index < -0.39 is 28.6 Å². The van der Waals surface area contributed by atoms with Crippen LogP contribution in [0.25, 0.3) is 10.9 Å². The van der Waals surface area contributed by atoms with Crippen molar-refractivity contribution in [2.45, 2.75) is 38.1 Å². The molecule has 1 saturated heterocycles. The zero-order valence-electron chi connectivity index (χ0n) is 18.4. The summed E-state index contributed by atoms with van der Waals surface area (Å²) < 4.78 is 11.2. The molecule has 1 amide bonds. The average molecular weight is 453 g/mol. The average Bonchev–Trinajstić information content (AvgIpc) is 2.80. The molecule has 0 unspecified atom stereocenters. The number of nitrogens with one attached hydrogen (secondary N) is 1. The van der Waals surface area contributed by atoms with Gasteiger partial charge < -0.3 is 25.0 Å². The molecule has 0 aliphatic carbocycles. The molecule has 1 atom stereocenters. The number of ether oxygens (including phenoxy) is 1. The van der Waals surface area contributed by atoms with Crippen LogP contribution in [-0.2, 0) is 11.3 Å². The van der Waals surface area contributed by atoms with Crippen molar-refractivity contribution in [2.75, 3.05) is 20.2 Å². The van der Waals surface area contributed by atoms with Crippen molar-refractivity contribution in [1.82, 2.24) is 9.88 Å². The van der Waals surface area contributed by atoms with Crippen LogP contribution >= 0.6 is 0 Å². The molecule has 1 aliphatic rings. The summed E-state index contributed by atoms with van der Waals surface area (Å²) in [5, 5.41) is 11.2. The number of hydrogen-bond donors (Lipinski definition) is 3. The van der Waals surface area contributed by atoms with Gasteiger partial charge in [0.2, 0.25) is 17.1 Å². The van der Waals surface area contributed by atoms with E-state index >= 15 is 0 Å². The van der Waals surface area contributed by atoms with Gasteiger partial charge in [-0.3, -0.25) is 19.3 Å². The maximum atomic E-state index is 12.9. The molecule has 4 N–H and O–H groups in total. The molecule has 1 aromatic carbocycles. The van der Waals surface area contributed by atoms with Crippen LogP contribution in [0.3, 0.4) is 0 Å². The van der Waals surface area contributed by atoms with Crippen LogP contribution < -0.4 is 21.5 Å². The van der Waals surface area contributed by atoms with Crippen molar-refractivity contribution in [3.8, 4) is 11.5 Å². The number of nitrogens with zero attached hydrogens (tertiary/aromatic N) is 1. The summed E-state index contributed by atoms with van der Waals surface area (Å²) in [5.41, 5.74) is 5.10. The van der Waals surface area contributed by atoms with Crippen LogP contribution in [0.2, 0.25) is 0 Å². The number of methoxy groups -OCH3 is 1. The number of likely N-dealkylation sites (tertiary alicyclic amines) is 1. The molecule has 1 fully saturated rings. The fraction of sp³-hybridized carbons (Fsp3) is 0.375. The summed E-state index contributed by atoms with van der Waals surface area (Å²) in [4.78, 5) is 42.3. The number of aromatic amines is 1. The van der Waals surface area contributed by atoms with Crippen molar-refractivity contribution >= 4 is 16.8 Å². The number of H-pyrrole nitrogens is 1. The zero-order chi connectivity index (χ0) is 23.5. The number of rotatable bonds is 7. The standard InChI is InChI=1S/C24H27N3O6/c1-32-15-5-6-19-14(9-15)10-18(24(31)26-19)17(12-21(25)29)23-22(30)20(28)11-16(33-23)13-27-7-3-2-4-8-27/h5-6,9-11,17,30H,2-4,7-8,12-13H2,1H3,(H2,25,29)(H,26,31)/t17-/m0/s1. The van der Waals surface area contributed by atoms with Gasteiger partial charge in [0, 0.05) is 29.0 Å². The molecule has 0 spiro atoms. The first kappa shape index (κ1) is 22.6. The lowest BCUT2D eigenvalue weighted by Crippen LogP contribution is -2.29. The topological polar surface area (TPSA) is 139 Å².